The number of aromatic nitrogens is 2. The molecule has 2 N–H and O–H groups in total. The Balaban J connectivity index is 1.54. The highest BCUT2D eigenvalue weighted by Gasteiger charge is 2.10. The summed E-state index contributed by atoms with van der Waals surface area (Å²) in [6.45, 7) is 2.93. The number of anilines is 1. The van der Waals surface area contributed by atoms with Crippen molar-refractivity contribution in [3.8, 4) is 0 Å². The molecule has 1 aromatic heterocycles. The highest BCUT2D eigenvalue weighted by Crippen LogP contribution is 2.16. The molecule has 0 aliphatic rings. The van der Waals surface area contributed by atoms with Gasteiger partial charge >= 0.3 is 0 Å². The van der Waals surface area contributed by atoms with E-state index in [0.29, 0.717) is 29.8 Å². The van der Waals surface area contributed by atoms with Gasteiger partial charge in [0.05, 0.1) is 0 Å². The molecule has 0 unspecified atom stereocenters. The van der Waals surface area contributed by atoms with Gasteiger partial charge in [-0.25, -0.2) is 9.97 Å². The molecule has 144 valence electrons. The van der Waals surface area contributed by atoms with Crippen LogP contribution in [0.3, 0.4) is 0 Å². The second-order valence-electron chi connectivity index (χ2n) is 6.51. The van der Waals surface area contributed by atoms with E-state index in [1.165, 1.54) is 5.56 Å². The molecule has 6 heteroatoms. The Morgan fingerprint density at radius 1 is 1.04 bits per heavy atom. The van der Waals surface area contributed by atoms with Gasteiger partial charge in [-0.15, -0.1) is 0 Å². The maximum absolute atomic E-state index is 12.4. The van der Waals surface area contributed by atoms with Crippen LogP contribution in [0.15, 0.2) is 60.7 Å². The van der Waals surface area contributed by atoms with Gasteiger partial charge in [0, 0.05) is 23.8 Å². The molecule has 0 saturated heterocycles. The SMILES string of the molecule is Cc1cc(C(=O)NCCCc2ccccc2)nc(NCc2ccccc2Cl)n1. The fourth-order valence-electron chi connectivity index (χ4n) is 2.81. The Bertz CT molecular complexity index is 931. The molecule has 1 heterocycles. The summed E-state index contributed by atoms with van der Waals surface area (Å²) in [6.07, 6.45) is 1.80. The summed E-state index contributed by atoms with van der Waals surface area (Å²) < 4.78 is 0. The normalized spacial score (nSPS) is 10.5. The lowest BCUT2D eigenvalue weighted by atomic mass is 10.1. The first-order valence-corrected chi connectivity index (χ1v) is 9.65. The molecule has 0 aliphatic carbocycles. The van der Waals surface area contributed by atoms with Crippen LogP contribution in [-0.2, 0) is 13.0 Å². The molecule has 3 aromatic rings. The maximum atomic E-state index is 12.4. The minimum absolute atomic E-state index is 0.195. The number of rotatable bonds is 8. The number of hydrogen-bond acceptors (Lipinski definition) is 4. The minimum Gasteiger partial charge on any atom is -0.351 e. The largest absolute Gasteiger partial charge is 0.351 e. The van der Waals surface area contributed by atoms with Crippen molar-refractivity contribution in [2.75, 3.05) is 11.9 Å². The molecule has 0 aliphatic heterocycles. The fourth-order valence-corrected chi connectivity index (χ4v) is 3.01. The Morgan fingerprint density at radius 3 is 2.57 bits per heavy atom. The van der Waals surface area contributed by atoms with Gasteiger partial charge in [0.2, 0.25) is 5.95 Å². The summed E-state index contributed by atoms with van der Waals surface area (Å²) in [5.74, 6) is 0.216. The van der Waals surface area contributed by atoms with Gasteiger partial charge in [-0.3, -0.25) is 4.79 Å². The van der Waals surface area contributed by atoms with Crippen LogP contribution in [0, 0.1) is 6.92 Å². The highest BCUT2D eigenvalue weighted by molar-refractivity contribution is 6.31. The molecule has 2 aromatic carbocycles. The zero-order valence-corrected chi connectivity index (χ0v) is 16.5. The Labute approximate surface area is 170 Å². The number of carbonyl (C=O) groups is 1. The summed E-state index contributed by atoms with van der Waals surface area (Å²) in [5, 5.41) is 6.75. The summed E-state index contributed by atoms with van der Waals surface area (Å²) >= 11 is 6.17. The molecule has 28 heavy (non-hydrogen) atoms. The maximum Gasteiger partial charge on any atom is 0.270 e. The number of hydrogen-bond donors (Lipinski definition) is 2. The van der Waals surface area contributed by atoms with E-state index in [4.69, 9.17) is 11.6 Å². The molecule has 5 nitrogen and oxygen atoms in total. The van der Waals surface area contributed by atoms with E-state index >= 15 is 0 Å². The van der Waals surface area contributed by atoms with Gasteiger partial charge < -0.3 is 10.6 Å². The smallest absolute Gasteiger partial charge is 0.270 e. The van der Waals surface area contributed by atoms with Crippen LogP contribution in [-0.4, -0.2) is 22.4 Å². The van der Waals surface area contributed by atoms with Crippen LogP contribution in [0.25, 0.3) is 0 Å². The van der Waals surface area contributed by atoms with Crippen LogP contribution < -0.4 is 10.6 Å². The zero-order chi connectivity index (χ0) is 19.8. The Hall–Kier alpha value is -2.92. The third-order valence-electron chi connectivity index (χ3n) is 4.25. The topological polar surface area (TPSA) is 66.9 Å². The lowest BCUT2D eigenvalue weighted by Crippen LogP contribution is -2.26. The van der Waals surface area contributed by atoms with Crippen LogP contribution in [0.4, 0.5) is 5.95 Å². The van der Waals surface area contributed by atoms with E-state index < -0.39 is 0 Å². The lowest BCUT2D eigenvalue weighted by molar-refractivity contribution is 0.0948. The van der Waals surface area contributed by atoms with Crippen molar-refractivity contribution in [3.63, 3.8) is 0 Å². The van der Waals surface area contributed by atoms with Gasteiger partial charge in [-0.1, -0.05) is 60.1 Å². The lowest BCUT2D eigenvalue weighted by Gasteiger charge is -2.10. The van der Waals surface area contributed by atoms with E-state index in [9.17, 15) is 4.79 Å². The van der Waals surface area contributed by atoms with Crippen LogP contribution in [0.5, 0.6) is 0 Å². The molecule has 1 amide bonds. The predicted molar refractivity (Wildman–Crippen MR) is 113 cm³/mol. The first-order chi connectivity index (χ1) is 13.6. The minimum atomic E-state index is -0.195. The third kappa shape index (κ3) is 5.79. The first-order valence-electron chi connectivity index (χ1n) is 9.27. The van der Waals surface area contributed by atoms with Gasteiger partial charge in [-0.2, -0.15) is 0 Å². The number of nitrogens with one attached hydrogen (secondary N) is 2. The number of benzene rings is 2. The van der Waals surface area contributed by atoms with E-state index in [1.54, 1.807) is 6.07 Å². The number of nitrogens with zero attached hydrogens (tertiary/aromatic N) is 2. The first kappa shape index (κ1) is 19.8. The van der Waals surface area contributed by atoms with Gasteiger partial charge in [0.1, 0.15) is 5.69 Å². The van der Waals surface area contributed by atoms with Gasteiger partial charge in [0.25, 0.3) is 5.91 Å². The molecule has 0 spiro atoms. The average Bonchev–Trinajstić information content (AvgIpc) is 2.71. The highest BCUT2D eigenvalue weighted by atomic mass is 35.5. The van der Waals surface area contributed by atoms with E-state index in [0.717, 1.165) is 24.1 Å². The number of carbonyl (C=O) groups excluding carboxylic acids is 1. The monoisotopic (exact) mass is 394 g/mol. The van der Waals surface area contributed by atoms with Crippen molar-refractivity contribution in [3.05, 3.63) is 88.2 Å². The molecule has 0 fully saturated rings. The number of amides is 1. The fraction of sp³-hybridized carbons (Fsp3) is 0.227. The Kier molecular flexibility index (Phi) is 6.98. The molecule has 3 rings (SSSR count). The van der Waals surface area contributed by atoms with Crippen molar-refractivity contribution >= 4 is 23.5 Å². The summed E-state index contributed by atoms with van der Waals surface area (Å²) in [6, 6.07) is 19.5. The molecular formula is C22H23ClN4O. The van der Waals surface area contributed by atoms with Gasteiger partial charge in [0.15, 0.2) is 0 Å². The van der Waals surface area contributed by atoms with Crippen molar-refractivity contribution in [2.45, 2.75) is 26.3 Å². The summed E-state index contributed by atoms with van der Waals surface area (Å²) in [4.78, 5) is 21.1. The van der Waals surface area contributed by atoms with Crippen molar-refractivity contribution in [2.24, 2.45) is 0 Å². The Morgan fingerprint density at radius 2 is 1.79 bits per heavy atom. The molecule has 0 radical (unpaired) electrons. The van der Waals surface area contributed by atoms with Crippen molar-refractivity contribution < 1.29 is 4.79 Å². The average molecular weight is 395 g/mol. The standard InChI is InChI=1S/C22H23ClN4O/c1-16-14-20(21(28)24-13-7-10-17-8-3-2-4-9-17)27-22(26-16)25-15-18-11-5-6-12-19(18)23/h2-6,8-9,11-12,14H,7,10,13,15H2,1H3,(H,24,28)(H,25,26,27). The van der Waals surface area contributed by atoms with Crippen LogP contribution >= 0.6 is 11.6 Å². The second-order valence-corrected chi connectivity index (χ2v) is 6.92. The molecular weight excluding hydrogens is 372 g/mol. The van der Waals surface area contributed by atoms with Crippen LogP contribution in [0.1, 0.15) is 33.7 Å². The molecule has 0 atom stereocenters. The van der Waals surface area contributed by atoms with Crippen molar-refractivity contribution in [1.82, 2.24) is 15.3 Å². The predicted octanol–water partition coefficient (Wildman–Crippen LogP) is 4.41. The third-order valence-corrected chi connectivity index (χ3v) is 4.62. The van der Waals surface area contributed by atoms with Crippen LogP contribution in [0.2, 0.25) is 5.02 Å². The van der Waals surface area contributed by atoms with Crippen molar-refractivity contribution in [1.29, 1.82) is 0 Å². The molecule has 0 bridgehead atoms. The van der Waals surface area contributed by atoms with E-state index in [-0.39, 0.29) is 5.91 Å². The quantitative estimate of drug-likeness (QED) is 0.555. The van der Waals surface area contributed by atoms with E-state index in [1.807, 2.05) is 49.4 Å². The second kappa shape index (κ2) is 9.85. The van der Waals surface area contributed by atoms with Gasteiger partial charge in [-0.05, 0) is 43.0 Å². The molecule has 0 saturated carbocycles. The number of halogens is 1. The van der Waals surface area contributed by atoms with E-state index in [2.05, 4.69) is 32.7 Å². The summed E-state index contributed by atoms with van der Waals surface area (Å²) in [5.41, 5.74) is 3.29. The zero-order valence-electron chi connectivity index (χ0n) is 15.8. The summed E-state index contributed by atoms with van der Waals surface area (Å²) in [7, 11) is 0. The number of aryl methyl sites for hydroxylation is 2.